The third-order valence-corrected chi connectivity index (χ3v) is 7.17. The topological polar surface area (TPSA) is 81.8 Å². The lowest BCUT2D eigenvalue weighted by molar-refractivity contribution is 0.0929. The highest BCUT2D eigenvalue weighted by Gasteiger charge is 2.25. The van der Waals surface area contributed by atoms with E-state index in [2.05, 4.69) is 15.5 Å². The summed E-state index contributed by atoms with van der Waals surface area (Å²) in [6.07, 6.45) is 5.15. The molecule has 1 aromatic rings. The molecule has 2 N–H and O–H groups in total. The van der Waals surface area contributed by atoms with E-state index in [4.69, 9.17) is 0 Å². The van der Waals surface area contributed by atoms with Crippen molar-refractivity contribution in [1.82, 2.24) is 14.9 Å². The number of anilines is 1. The second-order valence-electron chi connectivity index (χ2n) is 7.51. The Morgan fingerprint density at radius 3 is 2.44 bits per heavy atom. The summed E-state index contributed by atoms with van der Waals surface area (Å²) in [5.41, 5.74) is 1.29. The molecule has 0 aliphatic carbocycles. The second kappa shape index (κ2) is 8.58. The van der Waals surface area contributed by atoms with Crippen molar-refractivity contribution >= 4 is 21.6 Å². The van der Waals surface area contributed by atoms with Gasteiger partial charge in [0.05, 0.1) is 10.5 Å². The number of sulfonamides is 1. The number of hydrogen-bond acceptors (Lipinski definition) is 5. The molecular weight excluding hydrogens is 364 g/mol. The number of nitrogens with zero attached hydrogens (tertiary/aromatic N) is 2. The molecule has 3 rings (SSSR count). The first kappa shape index (κ1) is 20.1. The van der Waals surface area contributed by atoms with Gasteiger partial charge < -0.3 is 15.5 Å². The highest BCUT2D eigenvalue weighted by Crippen LogP contribution is 2.28. The van der Waals surface area contributed by atoms with Crippen LogP contribution in [0.5, 0.6) is 0 Å². The van der Waals surface area contributed by atoms with Gasteiger partial charge in [0.15, 0.2) is 0 Å². The van der Waals surface area contributed by atoms with Gasteiger partial charge in [-0.15, -0.1) is 0 Å². The van der Waals surface area contributed by atoms with E-state index >= 15 is 0 Å². The lowest BCUT2D eigenvalue weighted by Crippen LogP contribution is -2.43. The van der Waals surface area contributed by atoms with Gasteiger partial charge in [-0.1, -0.05) is 0 Å². The molecule has 1 aromatic carbocycles. The molecule has 2 saturated heterocycles. The van der Waals surface area contributed by atoms with Crippen molar-refractivity contribution in [2.45, 2.75) is 43.0 Å². The maximum Gasteiger partial charge on any atom is 0.253 e. The van der Waals surface area contributed by atoms with Crippen LogP contribution >= 0.6 is 0 Å². The van der Waals surface area contributed by atoms with E-state index in [1.807, 2.05) is 0 Å². The highest BCUT2D eigenvalue weighted by atomic mass is 32.2. The maximum atomic E-state index is 13.1. The standard InChI is InChI=1S/C19H30N4O3S/c1-22(2)27(25,26)16-6-7-18(23-12-4-3-5-13-23)17(14-16)19(24)21-15-8-10-20-11-9-15/h6-7,14-15,20H,3-5,8-13H2,1-2H3,(H,21,24). The normalized spacial score (nSPS) is 19.3. The molecule has 7 nitrogen and oxygen atoms in total. The molecule has 0 aromatic heterocycles. The van der Waals surface area contributed by atoms with Crippen molar-refractivity contribution in [1.29, 1.82) is 0 Å². The molecule has 0 spiro atoms. The molecule has 2 fully saturated rings. The number of amides is 1. The Morgan fingerprint density at radius 1 is 1.15 bits per heavy atom. The average molecular weight is 395 g/mol. The summed E-state index contributed by atoms with van der Waals surface area (Å²) >= 11 is 0. The minimum Gasteiger partial charge on any atom is -0.371 e. The Balaban J connectivity index is 1.94. The number of benzene rings is 1. The molecule has 8 heteroatoms. The fourth-order valence-electron chi connectivity index (χ4n) is 3.71. The molecule has 0 bridgehead atoms. The van der Waals surface area contributed by atoms with Gasteiger partial charge in [0.2, 0.25) is 10.0 Å². The van der Waals surface area contributed by atoms with Crippen molar-refractivity contribution in [2.24, 2.45) is 0 Å². The smallest absolute Gasteiger partial charge is 0.253 e. The number of nitrogens with one attached hydrogen (secondary N) is 2. The largest absolute Gasteiger partial charge is 0.371 e. The molecule has 2 heterocycles. The first-order valence-corrected chi connectivity index (χ1v) is 11.2. The number of rotatable bonds is 5. The van der Waals surface area contributed by atoms with Crippen LogP contribution < -0.4 is 15.5 Å². The first-order valence-electron chi connectivity index (χ1n) is 9.72. The molecule has 150 valence electrons. The molecular formula is C19H30N4O3S. The Hall–Kier alpha value is -1.64. The van der Waals surface area contributed by atoms with Gasteiger partial charge >= 0.3 is 0 Å². The van der Waals surface area contributed by atoms with Crippen molar-refractivity contribution in [2.75, 3.05) is 45.2 Å². The Kier molecular flexibility index (Phi) is 6.39. The predicted molar refractivity (Wildman–Crippen MR) is 107 cm³/mol. The lowest BCUT2D eigenvalue weighted by Gasteiger charge is -2.31. The van der Waals surface area contributed by atoms with Crippen LogP contribution in [0, 0.1) is 0 Å². The van der Waals surface area contributed by atoms with Crippen LogP contribution in [0.1, 0.15) is 42.5 Å². The van der Waals surface area contributed by atoms with E-state index in [9.17, 15) is 13.2 Å². The second-order valence-corrected chi connectivity index (χ2v) is 9.66. The number of hydrogen-bond donors (Lipinski definition) is 2. The third kappa shape index (κ3) is 4.62. The molecule has 1 amide bonds. The van der Waals surface area contributed by atoms with Crippen LogP contribution in [0.4, 0.5) is 5.69 Å². The fraction of sp³-hybridized carbons (Fsp3) is 0.632. The van der Waals surface area contributed by atoms with E-state index in [1.165, 1.54) is 30.9 Å². The number of piperidine rings is 2. The minimum absolute atomic E-state index is 0.127. The van der Waals surface area contributed by atoms with Gasteiger partial charge in [-0.25, -0.2) is 12.7 Å². The predicted octanol–water partition coefficient (Wildman–Crippen LogP) is 1.41. The van der Waals surface area contributed by atoms with Crippen molar-refractivity contribution in [3.8, 4) is 0 Å². The Labute approximate surface area is 162 Å². The quantitative estimate of drug-likeness (QED) is 0.789. The van der Waals surface area contributed by atoms with Crippen molar-refractivity contribution in [3.63, 3.8) is 0 Å². The molecule has 27 heavy (non-hydrogen) atoms. The zero-order chi connectivity index (χ0) is 19.4. The van der Waals surface area contributed by atoms with Crippen LogP contribution in [-0.4, -0.2) is 64.9 Å². The van der Waals surface area contributed by atoms with Crippen LogP contribution in [-0.2, 0) is 10.0 Å². The monoisotopic (exact) mass is 394 g/mol. The summed E-state index contributed by atoms with van der Waals surface area (Å²) in [6, 6.07) is 5.07. The van der Waals surface area contributed by atoms with Gasteiger partial charge in [0.1, 0.15) is 0 Å². The summed E-state index contributed by atoms with van der Waals surface area (Å²) in [5.74, 6) is -0.182. The molecule has 0 unspecified atom stereocenters. The van der Waals surface area contributed by atoms with Crippen LogP contribution in [0.25, 0.3) is 0 Å². The molecule has 2 aliphatic rings. The van der Waals surface area contributed by atoms with E-state index in [0.717, 1.165) is 57.5 Å². The van der Waals surface area contributed by atoms with Crippen molar-refractivity contribution in [3.05, 3.63) is 23.8 Å². The van der Waals surface area contributed by atoms with Gasteiger partial charge in [-0.05, 0) is 63.4 Å². The zero-order valence-corrected chi connectivity index (χ0v) is 17.0. The van der Waals surface area contributed by atoms with Gasteiger partial charge in [-0.3, -0.25) is 4.79 Å². The van der Waals surface area contributed by atoms with Crippen LogP contribution in [0.2, 0.25) is 0 Å². The molecule has 0 saturated carbocycles. The minimum atomic E-state index is -3.59. The van der Waals surface area contributed by atoms with E-state index < -0.39 is 10.0 Å². The van der Waals surface area contributed by atoms with Gasteiger partial charge in [0, 0.05) is 38.9 Å². The summed E-state index contributed by atoms with van der Waals surface area (Å²) < 4.78 is 26.3. The van der Waals surface area contributed by atoms with Crippen molar-refractivity contribution < 1.29 is 13.2 Å². The Bertz CT molecular complexity index is 767. The number of carbonyl (C=O) groups excluding carboxylic acids is 1. The zero-order valence-electron chi connectivity index (χ0n) is 16.2. The summed E-state index contributed by atoms with van der Waals surface area (Å²) in [5, 5.41) is 6.40. The van der Waals surface area contributed by atoms with Crippen LogP contribution in [0.3, 0.4) is 0 Å². The SMILES string of the molecule is CN(C)S(=O)(=O)c1ccc(N2CCCCC2)c(C(=O)NC2CCNCC2)c1. The van der Waals surface area contributed by atoms with E-state index in [0.29, 0.717) is 5.56 Å². The lowest BCUT2D eigenvalue weighted by atomic mass is 10.0. The fourth-order valence-corrected chi connectivity index (χ4v) is 4.64. The summed E-state index contributed by atoms with van der Waals surface area (Å²) in [4.78, 5) is 15.4. The summed E-state index contributed by atoms with van der Waals surface area (Å²) in [7, 11) is -0.583. The van der Waals surface area contributed by atoms with E-state index in [-0.39, 0.29) is 16.8 Å². The molecule has 2 aliphatic heterocycles. The highest BCUT2D eigenvalue weighted by molar-refractivity contribution is 7.89. The van der Waals surface area contributed by atoms with Gasteiger partial charge in [-0.2, -0.15) is 0 Å². The average Bonchev–Trinajstić information content (AvgIpc) is 2.68. The number of carbonyl (C=O) groups is 1. The van der Waals surface area contributed by atoms with Gasteiger partial charge in [0.25, 0.3) is 5.91 Å². The van der Waals surface area contributed by atoms with Crippen LogP contribution in [0.15, 0.2) is 23.1 Å². The maximum absolute atomic E-state index is 13.1. The first-order chi connectivity index (χ1) is 12.9. The third-order valence-electron chi connectivity index (χ3n) is 5.36. The molecule has 0 atom stereocenters. The summed E-state index contributed by atoms with van der Waals surface area (Å²) in [6.45, 7) is 3.57. The van der Waals surface area contributed by atoms with E-state index in [1.54, 1.807) is 12.1 Å². The molecule has 0 radical (unpaired) electrons. The Morgan fingerprint density at radius 2 is 1.81 bits per heavy atom.